The lowest BCUT2D eigenvalue weighted by Gasteiger charge is -2.17. The highest BCUT2D eigenvalue weighted by atomic mass is 35.5. The Morgan fingerprint density at radius 3 is 2.24 bits per heavy atom. The third-order valence-electron chi connectivity index (χ3n) is 3.27. The summed E-state index contributed by atoms with van der Waals surface area (Å²) in [7, 11) is 0. The predicted molar refractivity (Wildman–Crippen MR) is 88.9 cm³/mol. The summed E-state index contributed by atoms with van der Waals surface area (Å²) in [5.74, 6) is 1.51. The number of nitrogens with one attached hydrogen (secondary N) is 1. The largest absolute Gasteiger partial charge is 0.366 e. The van der Waals surface area contributed by atoms with Crippen LogP contribution in [0.15, 0.2) is 30.3 Å². The highest BCUT2D eigenvalue weighted by Gasteiger charge is 2.18. The lowest BCUT2D eigenvalue weighted by atomic mass is 9.96. The van der Waals surface area contributed by atoms with Crippen LogP contribution in [0.4, 0.5) is 5.82 Å². The number of aromatic nitrogens is 2. The van der Waals surface area contributed by atoms with E-state index in [1.54, 1.807) is 6.07 Å². The summed E-state index contributed by atoms with van der Waals surface area (Å²) in [5, 5.41) is 3.79. The van der Waals surface area contributed by atoms with Crippen molar-refractivity contribution >= 4 is 17.4 Å². The Hall–Kier alpha value is -1.61. The summed E-state index contributed by atoms with van der Waals surface area (Å²) in [4.78, 5) is 8.84. The predicted octanol–water partition coefficient (Wildman–Crippen LogP) is 4.60. The van der Waals surface area contributed by atoms with Gasteiger partial charge in [-0.05, 0) is 17.5 Å². The van der Waals surface area contributed by atoms with Crippen LogP contribution in [0.1, 0.15) is 44.6 Å². The van der Waals surface area contributed by atoms with E-state index in [2.05, 4.69) is 67.2 Å². The van der Waals surface area contributed by atoms with Gasteiger partial charge in [-0.3, -0.25) is 0 Å². The number of rotatable bonds is 4. The summed E-state index contributed by atoms with van der Waals surface area (Å²) in [6.45, 7) is 9.11. The van der Waals surface area contributed by atoms with E-state index in [4.69, 9.17) is 11.6 Å². The molecule has 0 saturated carbocycles. The molecule has 112 valence electrons. The highest BCUT2D eigenvalue weighted by Crippen LogP contribution is 2.22. The van der Waals surface area contributed by atoms with Crippen LogP contribution in [-0.4, -0.2) is 9.97 Å². The van der Waals surface area contributed by atoms with Gasteiger partial charge in [-0.2, -0.15) is 0 Å². The molecule has 21 heavy (non-hydrogen) atoms. The van der Waals surface area contributed by atoms with Crippen LogP contribution in [0.3, 0.4) is 0 Å². The van der Waals surface area contributed by atoms with Crippen LogP contribution in [0.2, 0.25) is 5.15 Å². The molecule has 0 atom stereocenters. The molecule has 1 aromatic heterocycles. The second kappa shape index (κ2) is 6.44. The Balaban J connectivity index is 2.10. The van der Waals surface area contributed by atoms with Gasteiger partial charge in [0.15, 0.2) is 0 Å². The van der Waals surface area contributed by atoms with E-state index in [9.17, 15) is 0 Å². The van der Waals surface area contributed by atoms with Crippen LogP contribution in [-0.2, 0) is 18.4 Å². The number of hydrogen-bond acceptors (Lipinski definition) is 3. The summed E-state index contributed by atoms with van der Waals surface area (Å²) >= 11 is 6.09. The topological polar surface area (TPSA) is 37.8 Å². The van der Waals surface area contributed by atoms with Crippen molar-refractivity contribution in [2.75, 3.05) is 5.32 Å². The van der Waals surface area contributed by atoms with Crippen LogP contribution in [0.25, 0.3) is 0 Å². The quantitative estimate of drug-likeness (QED) is 0.839. The number of halogens is 1. The lowest BCUT2D eigenvalue weighted by molar-refractivity contribution is 0.546. The molecule has 2 aromatic rings. The van der Waals surface area contributed by atoms with Crippen molar-refractivity contribution in [2.45, 2.75) is 46.1 Å². The van der Waals surface area contributed by atoms with Crippen molar-refractivity contribution < 1.29 is 0 Å². The molecule has 0 amide bonds. The first-order valence-corrected chi connectivity index (χ1v) is 7.63. The van der Waals surface area contributed by atoms with E-state index >= 15 is 0 Å². The zero-order chi connectivity index (χ0) is 15.5. The van der Waals surface area contributed by atoms with Crippen molar-refractivity contribution in [3.05, 3.63) is 52.4 Å². The number of nitrogens with zero attached hydrogens (tertiary/aromatic N) is 2. The number of hydrogen-bond donors (Lipinski definition) is 1. The molecular formula is C17H22ClN3. The van der Waals surface area contributed by atoms with Gasteiger partial charge in [0, 0.05) is 18.0 Å². The third-order valence-corrected chi connectivity index (χ3v) is 3.46. The van der Waals surface area contributed by atoms with Crippen LogP contribution in [0, 0.1) is 0 Å². The molecular weight excluding hydrogens is 282 g/mol. The number of aryl methyl sites for hydroxylation is 1. The molecule has 0 unspecified atom stereocenters. The molecule has 1 aromatic carbocycles. The molecule has 4 heteroatoms. The minimum Gasteiger partial charge on any atom is -0.366 e. The maximum Gasteiger partial charge on any atom is 0.137 e. The van der Waals surface area contributed by atoms with Gasteiger partial charge in [0.1, 0.15) is 16.8 Å². The van der Waals surface area contributed by atoms with E-state index in [-0.39, 0.29) is 5.41 Å². The van der Waals surface area contributed by atoms with Gasteiger partial charge in [-0.15, -0.1) is 0 Å². The second-order valence-corrected chi connectivity index (χ2v) is 6.56. The molecule has 1 heterocycles. The molecule has 3 nitrogen and oxygen atoms in total. The molecule has 0 bridgehead atoms. The number of anilines is 1. The van der Waals surface area contributed by atoms with E-state index < -0.39 is 0 Å². The van der Waals surface area contributed by atoms with Crippen LogP contribution >= 0.6 is 11.6 Å². The average Bonchev–Trinajstić information content (AvgIpc) is 2.44. The van der Waals surface area contributed by atoms with E-state index in [0.717, 1.165) is 24.6 Å². The summed E-state index contributed by atoms with van der Waals surface area (Å²) in [5.41, 5.74) is 2.45. The van der Waals surface area contributed by atoms with Crippen LogP contribution < -0.4 is 5.32 Å². The first-order chi connectivity index (χ1) is 9.88. The zero-order valence-corrected chi connectivity index (χ0v) is 13.8. The molecule has 0 aliphatic carbocycles. The van der Waals surface area contributed by atoms with Gasteiger partial charge in [0.25, 0.3) is 0 Å². The van der Waals surface area contributed by atoms with Gasteiger partial charge >= 0.3 is 0 Å². The standard InChI is InChI=1S/C17H22ClN3/c1-5-12-6-8-13(9-7-12)11-19-15-10-14(18)20-16(21-15)17(2,3)4/h6-10H,5,11H2,1-4H3,(H,19,20,21). The maximum atomic E-state index is 6.09. The number of benzene rings is 1. The third kappa shape index (κ3) is 4.43. The average molecular weight is 304 g/mol. The fourth-order valence-electron chi connectivity index (χ4n) is 1.93. The maximum absolute atomic E-state index is 6.09. The molecule has 0 saturated heterocycles. The monoisotopic (exact) mass is 303 g/mol. The molecule has 0 aliphatic heterocycles. The lowest BCUT2D eigenvalue weighted by Crippen LogP contribution is -2.17. The van der Waals surface area contributed by atoms with Gasteiger partial charge in [-0.25, -0.2) is 9.97 Å². The fraction of sp³-hybridized carbons (Fsp3) is 0.412. The van der Waals surface area contributed by atoms with E-state index in [1.807, 2.05) is 0 Å². The minimum absolute atomic E-state index is 0.121. The molecule has 2 rings (SSSR count). The SMILES string of the molecule is CCc1ccc(CNc2cc(Cl)nc(C(C)(C)C)n2)cc1. The van der Waals surface area contributed by atoms with Gasteiger partial charge in [-0.1, -0.05) is 63.6 Å². The Morgan fingerprint density at radius 2 is 1.67 bits per heavy atom. The van der Waals surface area contributed by atoms with Crippen LogP contribution in [0.5, 0.6) is 0 Å². The van der Waals surface area contributed by atoms with Gasteiger partial charge in [0.05, 0.1) is 0 Å². The minimum atomic E-state index is -0.121. The molecule has 1 N–H and O–H groups in total. The Morgan fingerprint density at radius 1 is 1.05 bits per heavy atom. The zero-order valence-electron chi connectivity index (χ0n) is 13.1. The summed E-state index contributed by atoms with van der Waals surface area (Å²) in [6, 6.07) is 10.4. The van der Waals surface area contributed by atoms with Crippen molar-refractivity contribution in [2.24, 2.45) is 0 Å². The van der Waals surface area contributed by atoms with Crippen molar-refractivity contribution in [3.8, 4) is 0 Å². The molecule has 0 fully saturated rings. The Bertz CT molecular complexity index is 600. The Kier molecular flexibility index (Phi) is 4.84. The smallest absolute Gasteiger partial charge is 0.137 e. The summed E-state index contributed by atoms with van der Waals surface area (Å²) in [6.07, 6.45) is 1.06. The van der Waals surface area contributed by atoms with E-state index in [0.29, 0.717) is 5.15 Å². The van der Waals surface area contributed by atoms with Gasteiger partial charge < -0.3 is 5.32 Å². The molecule has 0 spiro atoms. The fourth-order valence-corrected chi connectivity index (χ4v) is 2.11. The first kappa shape index (κ1) is 15.8. The first-order valence-electron chi connectivity index (χ1n) is 7.25. The van der Waals surface area contributed by atoms with E-state index in [1.165, 1.54) is 11.1 Å². The molecule has 0 radical (unpaired) electrons. The van der Waals surface area contributed by atoms with Crippen molar-refractivity contribution in [3.63, 3.8) is 0 Å². The second-order valence-electron chi connectivity index (χ2n) is 6.17. The Labute approximate surface area is 131 Å². The van der Waals surface area contributed by atoms with Gasteiger partial charge in [0.2, 0.25) is 0 Å². The highest BCUT2D eigenvalue weighted by molar-refractivity contribution is 6.29. The van der Waals surface area contributed by atoms with Crippen molar-refractivity contribution in [1.29, 1.82) is 0 Å². The summed E-state index contributed by atoms with van der Waals surface area (Å²) < 4.78 is 0. The van der Waals surface area contributed by atoms with Crippen molar-refractivity contribution in [1.82, 2.24) is 9.97 Å². The normalized spacial score (nSPS) is 11.5. The molecule has 0 aliphatic rings.